The Morgan fingerprint density at radius 1 is 1.26 bits per heavy atom. The number of amides is 1. The number of carbonyl (C=O) groups excluding carboxylic acids is 1. The third-order valence-corrected chi connectivity index (χ3v) is 3.62. The fraction of sp³-hybridized carbons (Fsp3) is 0.562. The molecule has 1 saturated heterocycles. The largest absolute Gasteiger partial charge is 0.491 e. The predicted octanol–water partition coefficient (Wildman–Crippen LogP) is 1.34. The van der Waals surface area contributed by atoms with E-state index in [4.69, 9.17) is 9.47 Å². The van der Waals surface area contributed by atoms with Crippen LogP contribution in [0, 0.1) is 5.82 Å². The lowest BCUT2D eigenvalue weighted by atomic mass is 10.2. The maximum atomic E-state index is 12.8. The maximum absolute atomic E-state index is 12.8. The Bertz CT molecular complexity index is 489. The van der Waals surface area contributed by atoms with Crippen molar-refractivity contribution in [3.05, 3.63) is 30.1 Å². The van der Waals surface area contributed by atoms with E-state index in [-0.39, 0.29) is 18.5 Å². The zero-order chi connectivity index (χ0) is 16.7. The molecular weight excluding hydrogens is 303 g/mol. The molecule has 1 fully saturated rings. The van der Waals surface area contributed by atoms with Gasteiger partial charge in [0.1, 0.15) is 24.3 Å². The van der Waals surface area contributed by atoms with E-state index in [2.05, 4.69) is 4.90 Å². The van der Waals surface area contributed by atoms with E-state index in [9.17, 15) is 14.3 Å². The standard InChI is InChI=1S/C16H23FN2O4/c1-2-22-16(21)19-9-7-18(8-10-19)11-14(20)12-23-15-5-3-13(17)4-6-15/h3-6,14,20H,2,7-12H2,1H3/t14-/m1/s1. The second kappa shape index (κ2) is 8.69. The Kier molecular flexibility index (Phi) is 6.61. The summed E-state index contributed by atoms with van der Waals surface area (Å²) < 4.78 is 23.2. The molecule has 1 amide bonds. The Labute approximate surface area is 135 Å². The molecule has 23 heavy (non-hydrogen) atoms. The number of piperazine rings is 1. The normalized spacial score (nSPS) is 16.9. The van der Waals surface area contributed by atoms with Crippen molar-refractivity contribution in [1.82, 2.24) is 9.80 Å². The molecule has 128 valence electrons. The van der Waals surface area contributed by atoms with Crippen LogP contribution < -0.4 is 4.74 Å². The molecule has 6 nitrogen and oxygen atoms in total. The van der Waals surface area contributed by atoms with Crippen LogP contribution in [0.1, 0.15) is 6.92 Å². The molecule has 0 spiro atoms. The van der Waals surface area contributed by atoms with E-state index in [1.54, 1.807) is 11.8 Å². The number of rotatable bonds is 6. The summed E-state index contributed by atoms with van der Waals surface area (Å²) in [7, 11) is 0. The van der Waals surface area contributed by atoms with Crippen LogP contribution in [0.5, 0.6) is 5.75 Å². The second-order valence-corrected chi connectivity index (χ2v) is 5.41. The van der Waals surface area contributed by atoms with Gasteiger partial charge in [-0.05, 0) is 31.2 Å². The molecule has 0 saturated carbocycles. The van der Waals surface area contributed by atoms with Crippen molar-refractivity contribution in [2.24, 2.45) is 0 Å². The third-order valence-electron chi connectivity index (χ3n) is 3.62. The number of ether oxygens (including phenoxy) is 2. The number of aliphatic hydroxyl groups is 1. The molecule has 0 unspecified atom stereocenters. The van der Waals surface area contributed by atoms with Crippen molar-refractivity contribution in [1.29, 1.82) is 0 Å². The topological polar surface area (TPSA) is 62.2 Å². The van der Waals surface area contributed by atoms with Crippen molar-refractivity contribution in [3.8, 4) is 5.75 Å². The molecule has 1 aromatic rings. The maximum Gasteiger partial charge on any atom is 0.409 e. The predicted molar refractivity (Wildman–Crippen MR) is 82.9 cm³/mol. The highest BCUT2D eigenvalue weighted by atomic mass is 19.1. The first-order valence-electron chi connectivity index (χ1n) is 7.79. The molecule has 0 aromatic heterocycles. The lowest BCUT2D eigenvalue weighted by Crippen LogP contribution is -2.51. The minimum absolute atomic E-state index is 0.143. The summed E-state index contributed by atoms with van der Waals surface area (Å²) in [4.78, 5) is 15.3. The van der Waals surface area contributed by atoms with Gasteiger partial charge in [0.25, 0.3) is 0 Å². The van der Waals surface area contributed by atoms with Gasteiger partial charge in [-0.15, -0.1) is 0 Å². The summed E-state index contributed by atoms with van der Waals surface area (Å²) >= 11 is 0. The molecule has 1 atom stereocenters. The lowest BCUT2D eigenvalue weighted by Gasteiger charge is -2.34. The summed E-state index contributed by atoms with van der Waals surface area (Å²) in [6.07, 6.45) is -0.929. The number of hydrogen-bond acceptors (Lipinski definition) is 5. The average Bonchev–Trinajstić information content (AvgIpc) is 2.55. The van der Waals surface area contributed by atoms with Crippen molar-refractivity contribution in [2.75, 3.05) is 45.9 Å². The summed E-state index contributed by atoms with van der Waals surface area (Å²) in [5.41, 5.74) is 0. The fourth-order valence-electron chi connectivity index (χ4n) is 2.40. The highest BCUT2D eigenvalue weighted by Gasteiger charge is 2.23. The average molecular weight is 326 g/mol. The van der Waals surface area contributed by atoms with Gasteiger partial charge >= 0.3 is 6.09 Å². The Hall–Kier alpha value is -1.86. The molecule has 0 radical (unpaired) electrons. The molecular formula is C16H23FN2O4. The molecule has 0 aliphatic carbocycles. The van der Waals surface area contributed by atoms with Crippen LogP contribution in [0.25, 0.3) is 0 Å². The molecule has 1 N–H and O–H groups in total. The molecule has 2 rings (SSSR count). The first kappa shape index (κ1) is 17.5. The summed E-state index contributed by atoms with van der Waals surface area (Å²) in [6, 6.07) is 5.69. The molecule has 7 heteroatoms. The van der Waals surface area contributed by atoms with E-state index in [0.29, 0.717) is 45.1 Å². The number of hydrogen-bond donors (Lipinski definition) is 1. The van der Waals surface area contributed by atoms with Crippen LogP contribution in [0.3, 0.4) is 0 Å². The SMILES string of the molecule is CCOC(=O)N1CCN(C[C@@H](O)COc2ccc(F)cc2)CC1. The van der Waals surface area contributed by atoms with E-state index in [1.165, 1.54) is 24.3 Å². The number of carbonyl (C=O) groups is 1. The van der Waals surface area contributed by atoms with Gasteiger partial charge in [-0.25, -0.2) is 9.18 Å². The number of aliphatic hydroxyl groups excluding tert-OH is 1. The molecule has 1 aliphatic heterocycles. The van der Waals surface area contributed by atoms with E-state index in [1.807, 2.05) is 0 Å². The van der Waals surface area contributed by atoms with E-state index >= 15 is 0 Å². The monoisotopic (exact) mass is 326 g/mol. The molecule has 1 heterocycles. The van der Waals surface area contributed by atoms with Gasteiger partial charge < -0.3 is 19.5 Å². The van der Waals surface area contributed by atoms with Crippen LogP contribution in [-0.2, 0) is 4.74 Å². The van der Waals surface area contributed by atoms with Gasteiger partial charge in [-0.3, -0.25) is 4.90 Å². The molecule has 0 bridgehead atoms. The van der Waals surface area contributed by atoms with E-state index < -0.39 is 6.10 Å². The van der Waals surface area contributed by atoms with Crippen LogP contribution in [-0.4, -0.2) is 73.0 Å². The first-order chi connectivity index (χ1) is 11.1. The van der Waals surface area contributed by atoms with Crippen LogP contribution in [0.2, 0.25) is 0 Å². The van der Waals surface area contributed by atoms with Crippen LogP contribution in [0.4, 0.5) is 9.18 Å². The van der Waals surface area contributed by atoms with Gasteiger partial charge in [0, 0.05) is 32.7 Å². The number of nitrogens with zero attached hydrogens (tertiary/aromatic N) is 2. The lowest BCUT2D eigenvalue weighted by molar-refractivity contribution is 0.0407. The van der Waals surface area contributed by atoms with Gasteiger partial charge in [-0.2, -0.15) is 0 Å². The number of halogens is 1. The van der Waals surface area contributed by atoms with Gasteiger partial charge in [0.2, 0.25) is 0 Å². The van der Waals surface area contributed by atoms with Crippen LogP contribution in [0.15, 0.2) is 24.3 Å². The Balaban J connectivity index is 1.67. The van der Waals surface area contributed by atoms with Crippen molar-refractivity contribution < 1.29 is 23.8 Å². The van der Waals surface area contributed by atoms with Crippen molar-refractivity contribution in [3.63, 3.8) is 0 Å². The third kappa shape index (κ3) is 5.69. The Morgan fingerprint density at radius 3 is 2.52 bits per heavy atom. The molecule has 1 aromatic carbocycles. The van der Waals surface area contributed by atoms with Gasteiger partial charge in [0.05, 0.1) is 6.61 Å². The van der Waals surface area contributed by atoms with Crippen molar-refractivity contribution >= 4 is 6.09 Å². The zero-order valence-corrected chi connectivity index (χ0v) is 13.3. The minimum atomic E-state index is -0.644. The summed E-state index contributed by atoms with van der Waals surface area (Å²) in [5, 5.41) is 10.0. The van der Waals surface area contributed by atoms with E-state index in [0.717, 1.165) is 0 Å². The van der Waals surface area contributed by atoms with Crippen LogP contribution >= 0.6 is 0 Å². The summed E-state index contributed by atoms with van der Waals surface area (Å²) in [6.45, 7) is 5.32. The fourth-order valence-corrected chi connectivity index (χ4v) is 2.40. The van der Waals surface area contributed by atoms with Gasteiger partial charge in [-0.1, -0.05) is 0 Å². The second-order valence-electron chi connectivity index (χ2n) is 5.41. The highest BCUT2D eigenvalue weighted by Crippen LogP contribution is 2.12. The Morgan fingerprint density at radius 2 is 1.91 bits per heavy atom. The summed E-state index contributed by atoms with van der Waals surface area (Å²) in [5.74, 6) is 0.204. The number of β-amino-alcohol motifs (C(OH)–C–C–N with tert-alkyl or cyclic N) is 1. The van der Waals surface area contributed by atoms with Gasteiger partial charge in [0.15, 0.2) is 0 Å². The first-order valence-corrected chi connectivity index (χ1v) is 7.79. The van der Waals surface area contributed by atoms with Crippen molar-refractivity contribution in [2.45, 2.75) is 13.0 Å². The zero-order valence-electron chi connectivity index (χ0n) is 13.3. The molecule has 1 aliphatic rings. The quantitative estimate of drug-likeness (QED) is 0.855. The highest BCUT2D eigenvalue weighted by molar-refractivity contribution is 5.67. The minimum Gasteiger partial charge on any atom is -0.491 e. The number of benzene rings is 1. The smallest absolute Gasteiger partial charge is 0.409 e.